The van der Waals surface area contributed by atoms with E-state index in [9.17, 15) is 15.0 Å². The molecular weight excluding hydrogens is 292 g/mol. The standard InChI is InChI=1S/C13H16N4O5/c1-4-3-17(9-5(4)10(19)16-12(14)15-9)11-8(21-2)13(20)6(18)7(13)22-11/h3,6-8,11,18,20H,1-2H3,(H3,14,15,16,19)/t6?,7-,8+,11?,13-/m1/s1. The Morgan fingerprint density at radius 2 is 2.32 bits per heavy atom. The molecule has 5 atom stereocenters. The highest BCUT2D eigenvalue weighted by Crippen LogP contribution is 2.55. The first-order valence-electron chi connectivity index (χ1n) is 6.85. The van der Waals surface area contributed by atoms with Gasteiger partial charge in [-0.25, -0.2) is 0 Å². The molecule has 9 nitrogen and oxygen atoms in total. The Bertz CT molecular complexity index is 830. The monoisotopic (exact) mass is 308 g/mol. The number of anilines is 1. The van der Waals surface area contributed by atoms with Gasteiger partial charge in [-0.1, -0.05) is 0 Å². The highest BCUT2D eigenvalue weighted by atomic mass is 16.6. The van der Waals surface area contributed by atoms with Crippen LogP contribution in [-0.2, 0) is 9.47 Å². The molecule has 3 heterocycles. The fraction of sp³-hybridized carbons (Fsp3) is 0.538. The largest absolute Gasteiger partial charge is 0.387 e. The molecule has 1 saturated carbocycles. The topological polar surface area (TPSA) is 136 Å². The van der Waals surface area contributed by atoms with Gasteiger partial charge in [-0.05, 0) is 12.5 Å². The summed E-state index contributed by atoms with van der Waals surface area (Å²) in [6.07, 6.45) is -1.46. The van der Waals surface area contributed by atoms with E-state index < -0.39 is 30.1 Å². The molecule has 0 radical (unpaired) electrons. The van der Waals surface area contributed by atoms with Gasteiger partial charge in [0.15, 0.2) is 17.5 Å². The van der Waals surface area contributed by atoms with E-state index in [0.29, 0.717) is 16.6 Å². The Balaban J connectivity index is 1.88. The van der Waals surface area contributed by atoms with Crippen molar-refractivity contribution in [3.63, 3.8) is 0 Å². The number of nitrogen functional groups attached to an aromatic ring is 1. The lowest BCUT2D eigenvalue weighted by Crippen LogP contribution is -2.38. The first kappa shape index (κ1) is 13.7. The predicted molar refractivity (Wildman–Crippen MR) is 75.2 cm³/mol. The van der Waals surface area contributed by atoms with Crippen LogP contribution in [0, 0.1) is 6.92 Å². The maximum Gasteiger partial charge on any atom is 0.262 e. The van der Waals surface area contributed by atoms with E-state index in [1.807, 2.05) is 0 Å². The lowest BCUT2D eigenvalue weighted by Gasteiger charge is -2.25. The zero-order valence-electron chi connectivity index (χ0n) is 12.0. The molecule has 5 N–H and O–H groups in total. The van der Waals surface area contributed by atoms with Crippen LogP contribution < -0.4 is 11.3 Å². The fourth-order valence-electron chi connectivity index (χ4n) is 3.37. The van der Waals surface area contributed by atoms with Gasteiger partial charge in [0.1, 0.15) is 18.3 Å². The van der Waals surface area contributed by atoms with E-state index in [1.165, 1.54) is 7.11 Å². The zero-order valence-corrected chi connectivity index (χ0v) is 12.0. The predicted octanol–water partition coefficient (Wildman–Crippen LogP) is -1.37. The summed E-state index contributed by atoms with van der Waals surface area (Å²) in [5.74, 6) is -0.00674. The van der Waals surface area contributed by atoms with Gasteiger partial charge in [-0.3, -0.25) is 9.78 Å². The smallest absolute Gasteiger partial charge is 0.262 e. The van der Waals surface area contributed by atoms with Crippen molar-refractivity contribution < 1.29 is 19.7 Å². The number of ether oxygens (including phenoxy) is 2. The third-order valence-electron chi connectivity index (χ3n) is 4.53. The Morgan fingerprint density at radius 3 is 3.00 bits per heavy atom. The molecule has 118 valence electrons. The third kappa shape index (κ3) is 1.46. The Hall–Kier alpha value is -1.94. The van der Waals surface area contributed by atoms with Gasteiger partial charge in [0.05, 0.1) is 5.39 Å². The maximum atomic E-state index is 12.0. The first-order valence-corrected chi connectivity index (χ1v) is 6.85. The molecule has 4 rings (SSSR count). The van der Waals surface area contributed by atoms with Crippen molar-refractivity contribution >= 4 is 17.0 Å². The maximum absolute atomic E-state index is 12.0. The molecule has 9 heteroatoms. The minimum atomic E-state index is -1.43. The summed E-state index contributed by atoms with van der Waals surface area (Å²) in [7, 11) is 1.43. The highest BCUT2D eigenvalue weighted by Gasteiger charge is 2.77. The Morgan fingerprint density at radius 1 is 1.59 bits per heavy atom. The molecule has 1 aliphatic heterocycles. The number of aromatic nitrogens is 3. The molecule has 2 unspecified atom stereocenters. The molecule has 0 bridgehead atoms. The van der Waals surface area contributed by atoms with Crippen LogP contribution in [0.25, 0.3) is 11.0 Å². The summed E-state index contributed by atoms with van der Waals surface area (Å²) in [5.41, 5.74) is 4.90. The lowest BCUT2D eigenvalue weighted by molar-refractivity contribution is -0.110. The minimum absolute atomic E-state index is 0.00674. The van der Waals surface area contributed by atoms with Crippen molar-refractivity contribution in [3.8, 4) is 0 Å². The molecule has 1 aliphatic carbocycles. The second kappa shape index (κ2) is 4.07. The van der Waals surface area contributed by atoms with Crippen molar-refractivity contribution in [1.82, 2.24) is 14.5 Å². The normalized spacial score (nSPS) is 36.7. The number of rotatable bonds is 2. The van der Waals surface area contributed by atoms with Crippen molar-refractivity contribution in [2.24, 2.45) is 0 Å². The molecule has 1 saturated heterocycles. The minimum Gasteiger partial charge on any atom is -0.387 e. The average molecular weight is 308 g/mol. The van der Waals surface area contributed by atoms with Gasteiger partial charge in [0.25, 0.3) is 5.56 Å². The van der Waals surface area contributed by atoms with Crippen molar-refractivity contribution in [3.05, 3.63) is 22.1 Å². The van der Waals surface area contributed by atoms with Crippen LogP contribution in [0.4, 0.5) is 5.95 Å². The molecular formula is C13H16N4O5. The zero-order chi connectivity index (χ0) is 15.8. The number of nitrogens with two attached hydrogens (primary N) is 1. The van der Waals surface area contributed by atoms with Gasteiger partial charge in [0, 0.05) is 13.3 Å². The molecule has 2 aromatic rings. The number of aromatic amines is 1. The molecule has 22 heavy (non-hydrogen) atoms. The first-order chi connectivity index (χ1) is 10.4. The molecule has 2 aliphatic rings. The van der Waals surface area contributed by atoms with Crippen LogP contribution in [0.15, 0.2) is 11.0 Å². The lowest BCUT2D eigenvalue weighted by atomic mass is 10.1. The number of methoxy groups -OCH3 is 1. The van der Waals surface area contributed by atoms with Crippen LogP contribution in [0.3, 0.4) is 0 Å². The number of hydrogen-bond acceptors (Lipinski definition) is 7. The fourth-order valence-corrected chi connectivity index (χ4v) is 3.37. The number of hydrogen-bond donors (Lipinski definition) is 4. The Labute approximate surface area is 124 Å². The summed E-state index contributed by atoms with van der Waals surface area (Å²) in [6, 6.07) is 0. The second-order valence-electron chi connectivity index (χ2n) is 5.80. The van der Waals surface area contributed by atoms with Crippen LogP contribution in [0.1, 0.15) is 11.8 Å². The average Bonchev–Trinajstić information content (AvgIpc) is 2.75. The summed E-state index contributed by atoms with van der Waals surface area (Å²) in [6.45, 7) is 1.77. The van der Waals surface area contributed by atoms with E-state index in [1.54, 1.807) is 17.7 Å². The molecule has 2 fully saturated rings. The van der Waals surface area contributed by atoms with E-state index in [0.717, 1.165) is 0 Å². The summed E-state index contributed by atoms with van der Waals surface area (Å²) in [5, 5.41) is 20.5. The van der Waals surface area contributed by atoms with Gasteiger partial charge in [-0.15, -0.1) is 0 Å². The molecule has 0 spiro atoms. The van der Waals surface area contributed by atoms with Gasteiger partial charge in [-0.2, -0.15) is 4.98 Å². The highest BCUT2D eigenvalue weighted by molar-refractivity contribution is 5.80. The SMILES string of the molecule is CO[C@H]1C(n2cc(C)c3c(=O)[nH]c(N)nc32)O[C@@H]2C(O)[C@@]21O. The Kier molecular flexibility index (Phi) is 2.54. The molecule has 0 amide bonds. The molecule has 0 aromatic carbocycles. The number of fused-ring (bicyclic) bond motifs is 2. The number of nitrogens with zero attached hydrogens (tertiary/aromatic N) is 2. The van der Waals surface area contributed by atoms with E-state index in [2.05, 4.69) is 9.97 Å². The van der Waals surface area contributed by atoms with E-state index in [4.69, 9.17) is 15.2 Å². The third-order valence-corrected chi connectivity index (χ3v) is 4.53. The van der Waals surface area contributed by atoms with E-state index in [-0.39, 0.29) is 11.5 Å². The van der Waals surface area contributed by atoms with Gasteiger partial charge >= 0.3 is 0 Å². The summed E-state index contributed by atoms with van der Waals surface area (Å²) in [4.78, 5) is 18.6. The molecule has 2 aromatic heterocycles. The quantitative estimate of drug-likeness (QED) is 0.537. The van der Waals surface area contributed by atoms with Crippen LogP contribution in [0.5, 0.6) is 0 Å². The number of H-pyrrole nitrogens is 1. The van der Waals surface area contributed by atoms with Crippen molar-refractivity contribution in [1.29, 1.82) is 0 Å². The van der Waals surface area contributed by atoms with Crippen LogP contribution in [-0.4, -0.2) is 55.8 Å². The summed E-state index contributed by atoms with van der Waals surface area (Å²) >= 11 is 0. The number of nitrogens with one attached hydrogen (secondary N) is 1. The van der Waals surface area contributed by atoms with Crippen LogP contribution >= 0.6 is 0 Å². The second-order valence-corrected chi connectivity index (χ2v) is 5.80. The van der Waals surface area contributed by atoms with Gasteiger partial charge in [0.2, 0.25) is 5.95 Å². The van der Waals surface area contributed by atoms with Crippen LogP contribution in [0.2, 0.25) is 0 Å². The number of aryl methyl sites for hydroxylation is 1. The van der Waals surface area contributed by atoms with E-state index >= 15 is 0 Å². The van der Waals surface area contributed by atoms with Gasteiger partial charge < -0.3 is 30.0 Å². The van der Waals surface area contributed by atoms with Crippen molar-refractivity contribution in [2.75, 3.05) is 12.8 Å². The summed E-state index contributed by atoms with van der Waals surface area (Å²) < 4.78 is 12.6. The number of aliphatic hydroxyl groups excluding tert-OH is 1. The number of aliphatic hydroxyl groups is 2. The van der Waals surface area contributed by atoms with Crippen molar-refractivity contribution in [2.45, 2.75) is 37.1 Å².